The van der Waals surface area contributed by atoms with E-state index in [4.69, 9.17) is 9.42 Å². The van der Waals surface area contributed by atoms with Gasteiger partial charge in [0.15, 0.2) is 0 Å². The Labute approximate surface area is 122 Å². The topological polar surface area (TPSA) is 66.8 Å². The fourth-order valence-electron chi connectivity index (χ4n) is 2.48. The summed E-state index contributed by atoms with van der Waals surface area (Å²) in [6.45, 7) is 12.3. The van der Waals surface area contributed by atoms with Crippen molar-refractivity contribution in [1.82, 2.24) is 0 Å². The lowest BCUT2D eigenvalue weighted by Gasteiger charge is -2.47. The summed E-state index contributed by atoms with van der Waals surface area (Å²) in [5, 5.41) is 11.1. The van der Waals surface area contributed by atoms with Crippen molar-refractivity contribution >= 4 is 8.25 Å². The Morgan fingerprint density at radius 1 is 1.30 bits per heavy atom. The smallest absolute Gasteiger partial charge is 0.381 e. The first-order valence-electron chi connectivity index (χ1n) is 6.81. The lowest BCUT2D eigenvalue weighted by molar-refractivity contribution is 0.00219. The van der Waals surface area contributed by atoms with Crippen molar-refractivity contribution in [1.29, 1.82) is 0 Å². The van der Waals surface area contributed by atoms with Gasteiger partial charge >= 0.3 is 8.25 Å². The molecule has 0 fully saturated rings. The first kappa shape index (κ1) is 17.5. The minimum atomic E-state index is -2.59. The van der Waals surface area contributed by atoms with E-state index >= 15 is 0 Å². The van der Waals surface area contributed by atoms with E-state index in [2.05, 4.69) is 20.8 Å². The van der Waals surface area contributed by atoms with E-state index in [1.165, 1.54) is 0 Å². The summed E-state index contributed by atoms with van der Waals surface area (Å²) in [4.78, 5) is 8.73. The van der Waals surface area contributed by atoms with Crippen molar-refractivity contribution in [2.75, 3.05) is 6.61 Å². The van der Waals surface area contributed by atoms with Crippen LogP contribution in [0.25, 0.3) is 0 Å². The molecule has 1 aliphatic rings. The third-order valence-corrected chi connectivity index (χ3v) is 4.07. The zero-order valence-corrected chi connectivity index (χ0v) is 14.1. The number of rotatable bonds is 3. The van der Waals surface area contributed by atoms with Gasteiger partial charge in [-0.15, -0.1) is 9.42 Å². The molecule has 0 saturated heterocycles. The van der Waals surface area contributed by atoms with Crippen LogP contribution in [-0.2, 0) is 9.09 Å². The second-order valence-corrected chi connectivity index (χ2v) is 8.14. The molecular weight excluding hydrogens is 275 g/mol. The molecule has 4 nitrogen and oxygen atoms in total. The molecule has 0 aromatic rings. The van der Waals surface area contributed by atoms with Crippen molar-refractivity contribution in [3.05, 3.63) is 23.8 Å². The van der Waals surface area contributed by atoms with Crippen LogP contribution in [0.15, 0.2) is 23.8 Å². The molecule has 0 bridgehead atoms. The van der Waals surface area contributed by atoms with Gasteiger partial charge < -0.3 is 5.11 Å². The van der Waals surface area contributed by atoms with Crippen LogP contribution in [0.4, 0.5) is 0 Å². The third kappa shape index (κ3) is 3.76. The monoisotopic (exact) mass is 301 g/mol. The molecule has 0 aromatic heterocycles. The van der Waals surface area contributed by atoms with Crippen LogP contribution in [0.1, 0.15) is 41.5 Å². The Morgan fingerprint density at radius 2 is 1.85 bits per heavy atom. The Balaban J connectivity index is 3.13. The van der Waals surface area contributed by atoms with E-state index in [0.717, 1.165) is 5.57 Å². The van der Waals surface area contributed by atoms with Crippen LogP contribution in [0.5, 0.6) is 0 Å². The number of hydrogen-bond acceptors (Lipinski definition) is 3. The van der Waals surface area contributed by atoms with Gasteiger partial charge in [0.25, 0.3) is 0 Å². The van der Waals surface area contributed by atoms with Crippen LogP contribution >= 0.6 is 8.25 Å². The van der Waals surface area contributed by atoms with Crippen molar-refractivity contribution in [2.45, 2.75) is 47.1 Å². The lowest BCUT2D eigenvalue weighted by atomic mass is 9.62. The average molecular weight is 301 g/mol. The molecule has 2 N–H and O–H groups in total. The Morgan fingerprint density at radius 3 is 2.25 bits per heavy atom. The average Bonchev–Trinajstić information content (AvgIpc) is 2.24. The van der Waals surface area contributed by atoms with Crippen LogP contribution in [0.2, 0.25) is 0 Å². The maximum absolute atomic E-state index is 11.1. The second kappa shape index (κ2) is 5.69. The molecule has 114 valence electrons. The minimum Gasteiger partial charge on any atom is -0.381 e. The van der Waals surface area contributed by atoms with Crippen molar-refractivity contribution in [2.24, 2.45) is 16.7 Å². The first-order valence-corrected chi connectivity index (χ1v) is 7.94. The molecule has 0 aliphatic heterocycles. The van der Waals surface area contributed by atoms with Crippen molar-refractivity contribution in [3.63, 3.8) is 0 Å². The van der Waals surface area contributed by atoms with E-state index in [9.17, 15) is 9.67 Å². The van der Waals surface area contributed by atoms with Crippen LogP contribution < -0.4 is 0 Å². The van der Waals surface area contributed by atoms with Gasteiger partial charge in [0.1, 0.15) is 12.2 Å². The number of aliphatic hydroxyl groups is 1. The highest BCUT2D eigenvalue weighted by atomic mass is 31.1. The van der Waals surface area contributed by atoms with Crippen LogP contribution in [0.3, 0.4) is 0 Å². The third-order valence-electron chi connectivity index (χ3n) is 3.70. The Bertz CT molecular complexity index is 440. The minimum absolute atomic E-state index is 0.0991. The molecule has 3 atom stereocenters. The quantitative estimate of drug-likeness (QED) is 0.617. The molecule has 1 aliphatic carbocycles. The summed E-state index contributed by atoms with van der Waals surface area (Å²) in [6.07, 6.45) is 5.61. The fraction of sp³-hybridized carbons (Fsp3) is 0.733. The largest absolute Gasteiger partial charge is 0.694 e. The summed E-state index contributed by atoms with van der Waals surface area (Å²) in [5.74, 6) is -0.0991. The zero-order chi connectivity index (χ0) is 15.8. The second-order valence-electron chi connectivity index (χ2n) is 7.40. The van der Waals surface area contributed by atoms with Crippen LogP contribution in [0, 0.1) is 16.7 Å². The predicted octanol–water partition coefficient (Wildman–Crippen LogP) is 3.59. The molecule has 3 unspecified atom stereocenters. The van der Waals surface area contributed by atoms with E-state index in [0.29, 0.717) is 0 Å². The van der Waals surface area contributed by atoms with Gasteiger partial charge in [-0.25, -0.2) is 0 Å². The van der Waals surface area contributed by atoms with Gasteiger partial charge in [-0.2, -0.15) is 0 Å². The highest BCUT2D eigenvalue weighted by Crippen LogP contribution is 2.47. The van der Waals surface area contributed by atoms with E-state index in [1.807, 2.05) is 32.9 Å². The summed E-state index contributed by atoms with van der Waals surface area (Å²) in [5.41, 5.74) is -0.645. The maximum atomic E-state index is 11.1. The molecule has 0 amide bonds. The fourth-order valence-corrected chi connectivity index (χ4v) is 2.78. The summed E-state index contributed by atoms with van der Waals surface area (Å²) >= 11 is 0. The van der Waals surface area contributed by atoms with E-state index < -0.39 is 13.9 Å². The Kier molecular flexibility index (Phi) is 4.98. The highest BCUT2D eigenvalue weighted by Gasteiger charge is 2.46. The molecule has 0 heterocycles. The molecule has 5 heteroatoms. The predicted molar refractivity (Wildman–Crippen MR) is 80.4 cm³/mol. The van der Waals surface area contributed by atoms with Gasteiger partial charge in [-0.3, -0.25) is 0 Å². The van der Waals surface area contributed by atoms with E-state index in [1.54, 1.807) is 6.08 Å². The van der Waals surface area contributed by atoms with Crippen molar-refractivity contribution < 1.29 is 19.1 Å². The standard InChI is InChI=1S/C15H25O4P/c1-13(2,3)12-9-11(10-19-20(17)18)7-8-15(12,16)14(4,5)6/h7-9,11,16H,10H2,1-6H3/p+1. The van der Waals surface area contributed by atoms with Gasteiger partial charge in [-0.1, -0.05) is 59.8 Å². The molecule has 1 rings (SSSR count). The maximum Gasteiger partial charge on any atom is 0.694 e. The van der Waals surface area contributed by atoms with E-state index in [-0.39, 0.29) is 23.4 Å². The first-order chi connectivity index (χ1) is 8.88. The summed E-state index contributed by atoms with van der Waals surface area (Å²) in [6, 6.07) is 0. The lowest BCUT2D eigenvalue weighted by Crippen LogP contribution is -2.48. The summed E-state index contributed by atoms with van der Waals surface area (Å²) < 4.78 is 15.4. The molecular formula is C15H26O4P+. The zero-order valence-electron chi connectivity index (χ0n) is 13.2. The molecule has 0 saturated carbocycles. The van der Waals surface area contributed by atoms with Gasteiger partial charge in [0.05, 0.1) is 0 Å². The summed E-state index contributed by atoms with van der Waals surface area (Å²) in [7, 11) is -2.59. The molecule has 0 aromatic carbocycles. The van der Waals surface area contributed by atoms with Crippen LogP contribution in [-0.4, -0.2) is 22.2 Å². The molecule has 20 heavy (non-hydrogen) atoms. The molecule has 0 spiro atoms. The molecule has 0 radical (unpaired) electrons. The van der Waals surface area contributed by atoms with Gasteiger partial charge in [0.2, 0.25) is 0 Å². The number of hydrogen-bond donors (Lipinski definition) is 2. The normalized spacial score (nSPS) is 28.3. The SMILES string of the molecule is CC(C)(C)C1=CC(CO[P+](=O)O)C=CC1(O)C(C)(C)C. The van der Waals surface area contributed by atoms with Gasteiger partial charge in [-0.05, 0) is 16.4 Å². The highest BCUT2D eigenvalue weighted by molar-refractivity contribution is 7.32. The van der Waals surface area contributed by atoms with Gasteiger partial charge in [0, 0.05) is 10.5 Å². The Hall–Kier alpha value is -0.540. The van der Waals surface area contributed by atoms with Crippen molar-refractivity contribution in [3.8, 4) is 0 Å².